The molecule has 2 heterocycles. The van der Waals surface area contributed by atoms with Crippen molar-refractivity contribution < 1.29 is 9.21 Å². The number of nitrogens with zero attached hydrogens (tertiary/aromatic N) is 1. The predicted molar refractivity (Wildman–Crippen MR) is 95.3 cm³/mol. The first-order valence-electron chi connectivity index (χ1n) is 7.98. The SMILES string of the molecule is Cc1ccc2c(CC(=O)N3CCNC(C)C3C)coc2c1C.Cl. The molecule has 2 atom stereocenters. The number of benzene rings is 1. The molecule has 1 fully saturated rings. The molecule has 1 N–H and O–H groups in total. The molecule has 1 aromatic carbocycles. The number of furan rings is 1. The Labute approximate surface area is 143 Å². The highest BCUT2D eigenvalue weighted by atomic mass is 35.5. The molecule has 1 aliphatic rings. The van der Waals surface area contributed by atoms with Crippen LogP contribution in [-0.4, -0.2) is 36.0 Å². The second kappa shape index (κ2) is 6.93. The molecular formula is C18H25ClN2O2. The normalized spacial score (nSPS) is 21.3. The van der Waals surface area contributed by atoms with Gasteiger partial charge in [-0.1, -0.05) is 12.1 Å². The minimum absolute atomic E-state index is 0. The molecule has 1 aromatic heterocycles. The maximum Gasteiger partial charge on any atom is 0.227 e. The Balaban J connectivity index is 0.00000192. The van der Waals surface area contributed by atoms with Crippen LogP contribution in [-0.2, 0) is 11.2 Å². The highest BCUT2D eigenvalue weighted by Gasteiger charge is 2.28. The van der Waals surface area contributed by atoms with Crippen LogP contribution >= 0.6 is 12.4 Å². The number of hydrogen-bond acceptors (Lipinski definition) is 3. The minimum Gasteiger partial charge on any atom is -0.464 e. The fraction of sp³-hybridized carbons (Fsp3) is 0.500. The zero-order valence-electron chi connectivity index (χ0n) is 14.2. The number of nitrogens with one attached hydrogen (secondary N) is 1. The monoisotopic (exact) mass is 336 g/mol. The lowest BCUT2D eigenvalue weighted by Gasteiger charge is -2.38. The van der Waals surface area contributed by atoms with Crippen LogP contribution in [0.4, 0.5) is 0 Å². The van der Waals surface area contributed by atoms with E-state index in [1.807, 2.05) is 4.90 Å². The number of carbonyl (C=O) groups is 1. The van der Waals surface area contributed by atoms with Crippen molar-refractivity contribution in [1.29, 1.82) is 0 Å². The lowest BCUT2D eigenvalue weighted by atomic mass is 10.0. The first-order chi connectivity index (χ1) is 10.5. The van der Waals surface area contributed by atoms with Gasteiger partial charge in [-0.3, -0.25) is 4.79 Å². The Kier molecular flexibility index (Phi) is 5.37. The van der Waals surface area contributed by atoms with Crippen LogP contribution in [0, 0.1) is 13.8 Å². The molecule has 0 radical (unpaired) electrons. The van der Waals surface area contributed by atoms with E-state index in [0.717, 1.165) is 35.2 Å². The quantitative estimate of drug-likeness (QED) is 0.915. The molecule has 0 aliphatic carbocycles. The predicted octanol–water partition coefficient (Wildman–Crippen LogP) is 3.22. The van der Waals surface area contributed by atoms with Crippen molar-refractivity contribution >= 4 is 29.3 Å². The summed E-state index contributed by atoms with van der Waals surface area (Å²) >= 11 is 0. The van der Waals surface area contributed by atoms with E-state index in [0.29, 0.717) is 12.5 Å². The Morgan fingerprint density at radius 3 is 2.83 bits per heavy atom. The smallest absolute Gasteiger partial charge is 0.227 e. The van der Waals surface area contributed by atoms with E-state index < -0.39 is 0 Å². The molecule has 23 heavy (non-hydrogen) atoms. The molecule has 1 amide bonds. The lowest BCUT2D eigenvalue weighted by Crippen LogP contribution is -2.57. The Bertz CT molecular complexity index is 710. The Morgan fingerprint density at radius 2 is 2.09 bits per heavy atom. The third kappa shape index (κ3) is 3.24. The van der Waals surface area contributed by atoms with E-state index in [1.165, 1.54) is 5.56 Å². The summed E-state index contributed by atoms with van der Waals surface area (Å²) in [6.45, 7) is 10.0. The van der Waals surface area contributed by atoms with Crippen LogP contribution < -0.4 is 5.32 Å². The third-order valence-corrected chi connectivity index (χ3v) is 5.04. The van der Waals surface area contributed by atoms with E-state index in [9.17, 15) is 4.79 Å². The second-order valence-corrected chi connectivity index (χ2v) is 6.39. The van der Waals surface area contributed by atoms with Gasteiger partial charge in [-0.25, -0.2) is 0 Å². The fourth-order valence-corrected chi connectivity index (χ4v) is 3.20. The average molecular weight is 337 g/mol. The fourth-order valence-electron chi connectivity index (χ4n) is 3.20. The molecule has 0 spiro atoms. The van der Waals surface area contributed by atoms with Gasteiger partial charge in [0.2, 0.25) is 5.91 Å². The van der Waals surface area contributed by atoms with Gasteiger partial charge in [0.15, 0.2) is 0 Å². The summed E-state index contributed by atoms with van der Waals surface area (Å²) in [5.41, 5.74) is 4.26. The van der Waals surface area contributed by atoms with Gasteiger partial charge in [-0.2, -0.15) is 0 Å². The number of rotatable bonds is 2. The number of halogens is 1. The number of hydrogen-bond donors (Lipinski definition) is 1. The number of aryl methyl sites for hydroxylation is 2. The van der Waals surface area contributed by atoms with Crippen molar-refractivity contribution in [2.75, 3.05) is 13.1 Å². The zero-order chi connectivity index (χ0) is 15.9. The molecule has 1 aliphatic heterocycles. The Hall–Kier alpha value is -1.52. The molecular weight excluding hydrogens is 312 g/mol. The topological polar surface area (TPSA) is 45.5 Å². The molecule has 126 valence electrons. The largest absolute Gasteiger partial charge is 0.464 e. The van der Waals surface area contributed by atoms with Crippen LogP contribution in [0.2, 0.25) is 0 Å². The van der Waals surface area contributed by atoms with Gasteiger partial charge >= 0.3 is 0 Å². The first kappa shape index (κ1) is 17.8. The zero-order valence-corrected chi connectivity index (χ0v) is 15.0. The third-order valence-electron chi connectivity index (χ3n) is 5.04. The average Bonchev–Trinajstić information content (AvgIpc) is 2.89. The number of fused-ring (bicyclic) bond motifs is 1. The van der Waals surface area contributed by atoms with E-state index in [4.69, 9.17) is 4.42 Å². The van der Waals surface area contributed by atoms with Crippen molar-refractivity contribution in [2.24, 2.45) is 0 Å². The summed E-state index contributed by atoms with van der Waals surface area (Å²) in [5, 5.41) is 4.47. The van der Waals surface area contributed by atoms with Gasteiger partial charge in [0.05, 0.1) is 12.7 Å². The van der Waals surface area contributed by atoms with Gasteiger partial charge in [-0.15, -0.1) is 12.4 Å². The van der Waals surface area contributed by atoms with E-state index in [2.05, 4.69) is 45.1 Å². The van der Waals surface area contributed by atoms with Gasteiger partial charge in [0.25, 0.3) is 0 Å². The second-order valence-electron chi connectivity index (χ2n) is 6.39. The summed E-state index contributed by atoms with van der Waals surface area (Å²) in [6.07, 6.45) is 2.15. The first-order valence-corrected chi connectivity index (χ1v) is 7.98. The van der Waals surface area contributed by atoms with Crippen LogP contribution in [0.25, 0.3) is 11.0 Å². The van der Waals surface area contributed by atoms with Crippen molar-refractivity contribution in [3.8, 4) is 0 Å². The maximum atomic E-state index is 12.7. The lowest BCUT2D eigenvalue weighted by molar-refractivity contribution is -0.134. The van der Waals surface area contributed by atoms with E-state index >= 15 is 0 Å². The molecule has 2 aromatic rings. The minimum atomic E-state index is 0. The van der Waals surface area contributed by atoms with Gasteiger partial charge in [0, 0.05) is 36.1 Å². The highest BCUT2D eigenvalue weighted by Crippen LogP contribution is 2.27. The summed E-state index contributed by atoms with van der Waals surface area (Å²) in [7, 11) is 0. The Morgan fingerprint density at radius 1 is 1.35 bits per heavy atom. The molecule has 5 heteroatoms. The molecule has 0 bridgehead atoms. The van der Waals surface area contributed by atoms with E-state index in [-0.39, 0.29) is 24.4 Å². The molecule has 3 rings (SSSR count). The molecule has 1 saturated heterocycles. The van der Waals surface area contributed by atoms with Crippen molar-refractivity contribution in [2.45, 2.75) is 46.2 Å². The van der Waals surface area contributed by atoms with Gasteiger partial charge < -0.3 is 14.6 Å². The summed E-state index contributed by atoms with van der Waals surface area (Å²) in [4.78, 5) is 14.7. The van der Waals surface area contributed by atoms with Gasteiger partial charge in [0.1, 0.15) is 5.58 Å². The highest BCUT2D eigenvalue weighted by molar-refractivity contribution is 5.89. The van der Waals surface area contributed by atoms with Crippen LogP contribution in [0.1, 0.15) is 30.5 Å². The summed E-state index contributed by atoms with van der Waals surface area (Å²) in [6, 6.07) is 4.72. The number of piperazine rings is 1. The number of amides is 1. The van der Waals surface area contributed by atoms with Crippen LogP contribution in [0.3, 0.4) is 0 Å². The molecule has 4 nitrogen and oxygen atoms in total. The van der Waals surface area contributed by atoms with E-state index in [1.54, 1.807) is 6.26 Å². The van der Waals surface area contributed by atoms with Crippen molar-refractivity contribution in [3.05, 3.63) is 35.1 Å². The summed E-state index contributed by atoms with van der Waals surface area (Å²) in [5.74, 6) is 0.182. The van der Waals surface area contributed by atoms with Crippen molar-refractivity contribution in [1.82, 2.24) is 10.2 Å². The van der Waals surface area contributed by atoms with Crippen LogP contribution in [0.15, 0.2) is 22.8 Å². The number of carbonyl (C=O) groups excluding carboxylic acids is 1. The van der Waals surface area contributed by atoms with Gasteiger partial charge in [-0.05, 0) is 38.8 Å². The van der Waals surface area contributed by atoms with Crippen molar-refractivity contribution in [3.63, 3.8) is 0 Å². The molecule has 0 saturated carbocycles. The standard InChI is InChI=1S/C18H24N2O2.ClH/c1-11-5-6-16-15(10-22-18(16)12(11)2)9-17(21)20-8-7-19-13(3)14(20)4;/h5-6,10,13-14,19H,7-9H2,1-4H3;1H. The molecule has 2 unspecified atom stereocenters. The van der Waals surface area contributed by atoms with Crippen LogP contribution in [0.5, 0.6) is 0 Å². The summed E-state index contributed by atoms with van der Waals surface area (Å²) < 4.78 is 5.71. The maximum absolute atomic E-state index is 12.7.